The number of benzene rings is 1. The monoisotopic (exact) mass is 245 g/mol. The molecule has 0 bridgehead atoms. The van der Waals surface area contributed by atoms with Crippen LogP contribution >= 0.6 is 23.2 Å². The highest BCUT2D eigenvalue weighted by Gasteiger charge is 2.11. The van der Waals surface area contributed by atoms with Gasteiger partial charge in [0.2, 0.25) is 5.91 Å². The summed E-state index contributed by atoms with van der Waals surface area (Å²) in [4.78, 5) is 11.2. The molecule has 0 spiro atoms. The van der Waals surface area contributed by atoms with Crippen LogP contribution < -0.4 is 5.32 Å². The van der Waals surface area contributed by atoms with Crippen molar-refractivity contribution in [2.24, 2.45) is 0 Å². The second-order valence-corrected chi connectivity index (χ2v) is 4.15. The molecule has 0 fully saturated rings. The largest absolute Gasteiger partial charge is 0.350 e. The van der Waals surface area contributed by atoms with E-state index < -0.39 is 0 Å². The average molecular weight is 246 g/mol. The maximum absolute atomic E-state index is 11.2. The van der Waals surface area contributed by atoms with Crippen molar-refractivity contribution < 1.29 is 4.79 Å². The lowest BCUT2D eigenvalue weighted by Crippen LogP contribution is -2.25. The van der Waals surface area contributed by atoms with Crippen molar-refractivity contribution in [2.45, 2.75) is 26.3 Å². The predicted octanol–water partition coefficient (Wildman–Crippen LogP) is 3.58. The number of nitrogens with one attached hydrogen (secondary N) is 1. The fourth-order valence-electron chi connectivity index (χ4n) is 1.27. The summed E-state index contributed by atoms with van der Waals surface area (Å²) in [5, 5.41) is 4.01. The van der Waals surface area contributed by atoms with E-state index in [1.807, 2.05) is 19.9 Å². The van der Waals surface area contributed by atoms with Crippen molar-refractivity contribution in [1.29, 1.82) is 0 Å². The number of amides is 1. The molecule has 0 saturated heterocycles. The molecule has 82 valence electrons. The summed E-state index contributed by atoms with van der Waals surface area (Å²) in [5.74, 6) is 0.00789. The summed E-state index contributed by atoms with van der Waals surface area (Å²) < 4.78 is 0. The van der Waals surface area contributed by atoms with Gasteiger partial charge in [0.25, 0.3) is 0 Å². The normalized spacial score (nSPS) is 12.3. The van der Waals surface area contributed by atoms with Gasteiger partial charge in [0.05, 0.1) is 6.04 Å². The first kappa shape index (κ1) is 12.3. The molecule has 0 radical (unpaired) electrons. The third-order valence-corrected chi connectivity index (χ3v) is 2.69. The number of hydrogen-bond acceptors (Lipinski definition) is 1. The Morgan fingerprint density at radius 2 is 2.13 bits per heavy atom. The Morgan fingerprint density at radius 1 is 1.47 bits per heavy atom. The first-order chi connectivity index (χ1) is 7.04. The quantitative estimate of drug-likeness (QED) is 0.867. The fourth-order valence-corrected chi connectivity index (χ4v) is 1.85. The number of hydrogen-bond donors (Lipinski definition) is 1. The second-order valence-electron chi connectivity index (χ2n) is 3.31. The van der Waals surface area contributed by atoms with E-state index in [0.717, 1.165) is 5.56 Å². The van der Waals surface area contributed by atoms with Gasteiger partial charge in [-0.05, 0) is 24.6 Å². The first-order valence-corrected chi connectivity index (χ1v) is 5.54. The molecule has 0 aromatic heterocycles. The highest BCUT2D eigenvalue weighted by atomic mass is 35.5. The fraction of sp³-hybridized carbons (Fsp3) is 0.364. The van der Waals surface area contributed by atoms with Crippen molar-refractivity contribution >= 4 is 29.1 Å². The molecule has 1 aromatic carbocycles. The van der Waals surface area contributed by atoms with E-state index in [0.29, 0.717) is 16.5 Å². The molecule has 0 heterocycles. The molecule has 4 heteroatoms. The van der Waals surface area contributed by atoms with E-state index in [4.69, 9.17) is 23.2 Å². The van der Waals surface area contributed by atoms with Gasteiger partial charge in [-0.15, -0.1) is 0 Å². The van der Waals surface area contributed by atoms with Crippen LogP contribution in [0.1, 0.15) is 31.9 Å². The minimum absolute atomic E-state index is 0.00789. The van der Waals surface area contributed by atoms with Crippen LogP contribution in [0.25, 0.3) is 0 Å². The Kier molecular flexibility index (Phi) is 4.43. The standard InChI is InChI=1S/C11H13Cl2NO/c1-3-11(15)14-7(2)9-5-4-8(12)6-10(9)13/h4-7H,3H2,1-2H3,(H,14,15)/t7-/m1/s1. The van der Waals surface area contributed by atoms with Crippen molar-refractivity contribution in [3.05, 3.63) is 33.8 Å². The van der Waals surface area contributed by atoms with Gasteiger partial charge in [-0.25, -0.2) is 0 Å². The Bertz CT molecular complexity index is 366. The summed E-state index contributed by atoms with van der Waals surface area (Å²) in [5.41, 5.74) is 0.878. The Hall–Kier alpha value is -0.730. The number of rotatable bonds is 3. The maximum Gasteiger partial charge on any atom is 0.220 e. The van der Waals surface area contributed by atoms with Crippen LogP contribution in [-0.4, -0.2) is 5.91 Å². The maximum atomic E-state index is 11.2. The summed E-state index contributed by atoms with van der Waals surface area (Å²) in [6.45, 7) is 3.70. The van der Waals surface area contributed by atoms with Crippen LogP contribution in [0.2, 0.25) is 10.0 Å². The van der Waals surface area contributed by atoms with E-state index in [-0.39, 0.29) is 11.9 Å². The van der Waals surface area contributed by atoms with Gasteiger partial charge in [-0.1, -0.05) is 36.2 Å². The molecule has 2 nitrogen and oxygen atoms in total. The molecule has 0 saturated carbocycles. The number of carbonyl (C=O) groups excluding carboxylic acids is 1. The van der Waals surface area contributed by atoms with Crippen molar-refractivity contribution in [2.75, 3.05) is 0 Å². The van der Waals surface area contributed by atoms with Crippen LogP contribution in [0, 0.1) is 0 Å². The Morgan fingerprint density at radius 3 is 2.67 bits per heavy atom. The predicted molar refractivity (Wildman–Crippen MR) is 63.3 cm³/mol. The molecule has 1 N–H and O–H groups in total. The van der Waals surface area contributed by atoms with Gasteiger partial charge in [0.1, 0.15) is 0 Å². The van der Waals surface area contributed by atoms with E-state index in [9.17, 15) is 4.79 Å². The van der Waals surface area contributed by atoms with E-state index in [2.05, 4.69) is 5.32 Å². The SMILES string of the molecule is CCC(=O)N[C@H](C)c1ccc(Cl)cc1Cl. The molecule has 1 aromatic rings. The topological polar surface area (TPSA) is 29.1 Å². The Labute approximate surface area is 99.6 Å². The Balaban J connectivity index is 2.82. The molecule has 0 aliphatic heterocycles. The minimum Gasteiger partial charge on any atom is -0.350 e. The molecule has 0 aliphatic carbocycles. The van der Waals surface area contributed by atoms with Crippen LogP contribution in [0.3, 0.4) is 0 Å². The van der Waals surface area contributed by atoms with Crippen molar-refractivity contribution in [3.8, 4) is 0 Å². The lowest BCUT2D eigenvalue weighted by molar-refractivity contribution is -0.121. The molecule has 0 unspecified atom stereocenters. The van der Waals surface area contributed by atoms with Crippen LogP contribution in [-0.2, 0) is 4.79 Å². The smallest absolute Gasteiger partial charge is 0.220 e. The molecular formula is C11H13Cl2NO. The van der Waals surface area contributed by atoms with Gasteiger partial charge in [0, 0.05) is 16.5 Å². The zero-order chi connectivity index (χ0) is 11.4. The van der Waals surface area contributed by atoms with Crippen LogP contribution in [0.5, 0.6) is 0 Å². The van der Waals surface area contributed by atoms with Gasteiger partial charge in [-0.2, -0.15) is 0 Å². The third kappa shape index (κ3) is 3.40. The zero-order valence-electron chi connectivity index (χ0n) is 8.68. The zero-order valence-corrected chi connectivity index (χ0v) is 10.2. The lowest BCUT2D eigenvalue weighted by atomic mass is 10.1. The van der Waals surface area contributed by atoms with Crippen LogP contribution in [0.15, 0.2) is 18.2 Å². The highest BCUT2D eigenvalue weighted by molar-refractivity contribution is 6.35. The highest BCUT2D eigenvalue weighted by Crippen LogP contribution is 2.25. The third-order valence-electron chi connectivity index (χ3n) is 2.13. The lowest BCUT2D eigenvalue weighted by Gasteiger charge is -2.15. The minimum atomic E-state index is -0.0952. The van der Waals surface area contributed by atoms with E-state index in [1.165, 1.54) is 0 Å². The molecule has 1 rings (SSSR count). The molecule has 0 aliphatic rings. The number of halogens is 2. The average Bonchev–Trinajstić information content (AvgIpc) is 2.17. The summed E-state index contributed by atoms with van der Waals surface area (Å²) >= 11 is 11.8. The van der Waals surface area contributed by atoms with Crippen LogP contribution in [0.4, 0.5) is 0 Å². The van der Waals surface area contributed by atoms with Gasteiger partial charge in [0.15, 0.2) is 0 Å². The van der Waals surface area contributed by atoms with Gasteiger partial charge >= 0.3 is 0 Å². The number of carbonyl (C=O) groups is 1. The van der Waals surface area contributed by atoms with Crippen molar-refractivity contribution in [3.63, 3.8) is 0 Å². The molecule has 1 amide bonds. The molecule has 15 heavy (non-hydrogen) atoms. The summed E-state index contributed by atoms with van der Waals surface area (Å²) in [6.07, 6.45) is 0.468. The van der Waals surface area contributed by atoms with E-state index >= 15 is 0 Å². The van der Waals surface area contributed by atoms with Gasteiger partial charge in [-0.3, -0.25) is 4.79 Å². The molecular weight excluding hydrogens is 233 g/mol. The van der Waals surface area contributed by atoms with Gasteiger partial charge < -0.3 is 5.32 Å². The summed E-state index contributed by atoms with van der Waals surface area (Å²) in [6, 6.07) is 5.16. The summed E-state index contributed by atoms with van der Waals surface area (Å²) in [7, 11) is 0. The first-order valence-electron chi connectivity index (χ1n) is 4.79. The van der Waals surface area contributed by atoms with E-state index in [1.54, 1.807) is 12.1 Å². The molecule has 1 atom stereocenters. The van der Waals surface area contributed by atoms with Crippen molar-refractivity contribution in [1.82, 2.24) is 5.32 Å². The second kappa shape index (κ2) is 5.38.